The Balaban J connectivity index is 0.888. The lowest BCUT2D eigenvalue weighted by molar-refractivity contribution is -0.136. The van der Waals surface area contributed by atoms with Gasteiger partial charge in [-0.25, -0.2) is 4.39 Å². The van der Waals surface area contributed by atoms with Crippen LogP contribution in [0.25, 0.3) is 5.57 Å². The van der Waals surface area contributed by atoms with Crippen LogP contribution in [-0.4, -0.2) is 141 Å². The minimum absolute atomic E-state index is 0.0202. The van der Waals surface area contributed by atoms with Gasteiger partial charge in [-0.2, -0.15) is 13.2 Å². The molecule has 5 aliphatic heterocycles. The summed E-state index contributed by atoms with van der Waals surface area (Å²) in [5, 5.41) is 10.5. The molecule has 2 saturated heterocycles. The van der Waals surface area contributed by atoms with Crippen molar-refractivity contribution in [2.45, 2.75) is 63.8 Å². The minimum atomic E-state index is -4.83. The number of ether oxygens (including phenoxy) is 2. The number of hydrogen-bond donors (Lipinski definition) is 4. The molecule has 3 atom stereocenters. The van der Waals surface area contributed by atoms with Crippen LogP contribution < -0.4 is 26.2 Å². The molecule has 16 nitrogen and oxygen atoms in total. The number of benzene rings is 2. The van der Waals surface area contributed by atoms with Gasteiger partial charge in [0.15, 0.2) is 0 Å². The summed E-state index contributed by atoms with van der Waals surface area (Å²) in [7, 11) is 1.98. The van der Waals surface area contributed by atoms with E-state index < -0.39 is 58.7 Å². The quantitative estimate of drug-likeness (QED) is 0.113. The van der Waals surface area contributed by atoms with E-state index in [2.05, 4.69) is 32.7 Å². The van der Waals surface area contributed by atoms with Crippen LogP contribution in [0.1, 0.15) is 65.8 Å². The van der Waals surface area contributed by atoms with Crippen LogP contribution in [0.5, 0.6) is 0 Å². The molecule has 0 bridgehead atoms. The third-order valence-electron chi connectivity index (χ3n) is 12.4. The molecule has 0 radical (unpaired) electrons. The molecule has 5 heterocycles. The molecule has 1 unspecified atom stereocenters. The number of halogens is 4. The summed E-state index contributed by atoms with van der Waals surface area (Å²) in [5.74, 6) is -4.14. The topological polar surface area (TPSA) is 182 Å². The van der Waals surface area contributed by atoms with Crippen LogP contribution in [0, 0.1) is 5.82 Å². The molecule has 0 saturated carbocycles. The summed E-state index contributed by atoms with van der Waals surface area (Å²) >= 11 is 0. The molecule has 7 rings (SSSR count). The molecule has 0 aliphatic carbocycles. The first kappa shape index (κ1) is 47.6. The highest BCUT2D eigenvalue weighted by Crippen LogP contribution is 2.39. The third kappa shape index (κ3) is 10.3. The SMILES string of the molecule is C=C1C=C(C(F)(F)F)C(C(=O)Nc2cc(C3=CCN(C(=O)CCOCCOCCNc4cccc5c4C(=O)N(C4CCC(=O)NC4=O)C5=O)CC3)c(F)cc2N2C[C@@H](C)N(C)[C@@H](C)C2)=CN1. The number of piperazine rings is 1. The van der Waals surface area contributed by atoms with Crippen molar-refractivity contribution in [1.29, 1.82) is 0 Å². The Morgan fingerprint density at radius 2 is 1.67 bits per heavy atom. The number of rotatable bonds is 15. The first-order valence-electron chi connectivity index (χ1n) is 21.7. The number of fused-ring (bicyclic) bond motifs is 1. The fourth-order valence-electron chi connectivity index (χ4n) is 8.62. The number of dihydropyridines is 1. The molecule has 0 spiro atoms. The number of alkyl halides is 3. The second kappa shape index (κ2) is 20.0. The lowest BCUT2D eigenvalue weighted by Gasteiger charge is -2.44. The summed E-state index contributed by atoms with van der Waals surface area (Å²) in [5.41, 5.74) is 0.120. The maximum Gasteiger partial charge on any atom is 0.417 e. The van der Waals surface area contributed by atoms with Crippen molar-refractivity contribution in [2.24, 2.45) is 0 Å². The lowest BCUT2D eigenvalue weighted by Crippen LogP contribution is -2.55. The zero-order valence-electron chi connectivity index (χ0n) is 36.8. The van der Waals surface area contributed by atoms with Crippen molar-refractivity contribution in [3.63, 3.8) is 0 Å². The number of nitrogens with zero attached hydrogens (tertiary/aromatic N) is 4. The van der Waals surface area contributed by atoms with Crippen LogP contribution >= 0.6 is 0 Å². The van der Waals surface area contributed by atoms with Gasteiger partial charge in [-0.3, -0.25) is 43.9 Å². The molecule has 0 aromatic heterocycles. The first-order valence-corrected chi connectivity index (χ1v) is 21.7. The molecule has 66 heavy (non-hydrogen) atoms. The molecular weight excluding hydrogens is 869 g/mol. The van der Waals surface area contributed by atoms with Gasteiger partial charge in [0.1, 0.15) is 11.9 Å². The van der Waals surface area contributed by atoms with Gasteiger partial charge < -0.3 is 35.2 Å². The molecule has 2 aromatic carbocycles. The predicted octanol–water partition coefficient (Wildman–Crippen LogP) is 4.33. The van der Waals surface area contributed by atoms with E-state index in [1.165, 1.54) is 18.2 Å². The third-order valence-corrected chi connectivity index (χ3v) is 12.4. The van der Waals surface area contributed by atoms with Crippen molar-refractivity contribution in [1.82, 2.24) is 25.3 Å². The average molecular weight is 921 g/mol. The summed E-state index contributed by atoms with van der Waals surface area (Å²) in [4.78, 5) is 83.6. The van der Waals surface area contributed by atoms with Gasteiger partial charge in [0.2, 0.25) is 17.7 Å². The normalized spacial score (nSPS) is 21.5. The Hall–Kier alpha value is -6.38. The van der Waals surface area contributed by atoms with E-state index in [1.807, 2.05) is 25.8 Å². The predicted molar refractivity (Wildman–Crippen MR) is 235 cm³/mol. The Morgan fingerprint density at radius 3 is 2.35 bits per heavy atom. The Morgan fingerprint density at radius 1 is 0.939 bits per heavy atom. The number of allylic oxidation sites excluding steroid dienone is 1. The highest BCUT2D eigenvalue weighted by Gasteiger charge is 2.46. The zero-order valence-corrected chi connectivity index (χ0v) is 36.8. The molecule has 5 aliphatic rings. The van der Waals surface area contributed by atoms with Gasteiger partial charge in [0, 0.05) is 74.4 Å². The largest absolute Gasteiger partial charge is 0.417 e. The maximum absolute atomic E-state index is 16.1. The number of carbonyl (C=O) groups is 6. The fourth-order valence-corrected chi connectivity index (χ4v) is 8.62. The molecule has 2 aromatic rings. The van der Waals surface area contributed by atoms with Crippen LogP contribution in [0.15, 0.2) is 72.1 Å². The van der Waals surface area contributed by atoms with Gasteiger partial charge in [-0.05, 0) is 69.7 Å². The van der Waals surface area contributed by atoms with Crippen molar-refractivity contribution >= 4 is 58.1 Å². The van der Waals surface area contributed by atoms with Crippen molar-refractivity contribution in [2.75, 3.05) is 81.7 Å². The van der Waals surface area contributed by atoms with Crippen LogP contribution in [-0.2, 0) is 28.7 Å². The van der Waals surface area contributed by atoms with Crippen molar-refractivity contribution in [3.05, 3.63) is 94.6 Å². The number of hydrogen-bond acceptors (Lipinski definition) is 12. The Bertz CT molecular complexity index is 2410. The molecule has 6 amide bonds. The zero-order chi connectivity index (χ0) is 47.4. The number of anilines is 3. The van der Waals surface area contributed by atoms with Crippen LogP contribution in [0.4, 0.5) is 34.6 Å². The van der Waals surface area contributed by atoms with Gasteiger partial charge in [-0.15, -0.1) is 0 Å². The summed E-state index contributed by atoms with van der Waals surface area (Å²) in [6, 6.07) is 6.59. The smallest absolute Gasteiger partial charge is 0.382 e. The van der Waals surface area contributed by atoms with E-state index in [0.29, 0.717) is 30.0 Å². The van der Waals surface area contributed by atoms with E-state index in [1.54, 1.807) is 23.1 Å². The van der Waals surface area contributed by atoms with Crippen LogP contribution in [0.2, 0.25) is 0 Å². The lowest BCUT2D eigenvalue weighted by atomic mass is 9.96. The molecular formula is C46H52F4N8O8. The molecule has 2 fully saturated rings. The van der Waals surface area contributed by atoms with Crippen LogP contribution in [0.3, 0.4) is 0 Å². The molecule has 4 N–H and O–H groups in total. The van der Waals surface area contributed by atoms with Gasteiger partial charge in [0.25, 0.3) is 17.7 Å². The molecule has 20 heteroatoms. The fraction of sp³-hybridized carbons (Fsp3) is 0.435. The van der Waals surface area contributed by atoms with E-state index in [-0.39, 0.29) is 118 Å². The second-order valence-corrected chi connectivity index (χ2v) is 16.8. The Labute approximate surface area is 378 Å². The van der Waals surface area contributed by atoms with E-state index >= 15 is 4.39 Å². The van der Waals surface area contributed by atoms with E-state index in [0.717, 1.165) is 17.2 Å². The van der Waals surface area contributed by atoms with Gasteiger partial charge in [-0.1, -0.05) is 18.7 Å². The maximum atomic E-state index is 16.1. The second-order valence-electron chi connectivity index (χ2n) is 16.8. The number of carbonyl (C=O) groups excluding carboxylic acids is 6. The number of imide groups is 2. The monoisotopic (exact) mass is 920 g/mol. The highest BCUT2D eigenvalue weighted by molar-refractivity contribution is 6.25. The highest BCUT2D eigenvalue weighted by atomic mass is 19.4. The van der Waals surface area contributed by atoms with Gasteiger partial charge in [0.05, 0.1) is 66.5 Å². The summed E-state index contributed by atoms with van der Waals surface area (Å²) < 4.78 is 69.4. The summed E-state index contributed by atoms with van der Waals surface area (Å²) in [6.45, 7) is 10.0. The van der Waals surface area contributed by atoms with Crippen molar-refractivity contribution < 1.29 is 55.8 Å². The standard InChI is InChI=1S/C46H52F4N8O8/c1-26-20-33(46(48,49)50)32(23-52-26)42(61)53-36-21-31(34(47)22-38(36)57-24-27(2)55(4)28(3)25-57)29-10-14-56(15-11-29)40(60)12-16-65-18-19-66-17-13-51-35-7-5-6-30-41(35)45(64)58(44(30)63)37-8-9-39(59)54-43(37)62/h5-7,10,20-23,27-28,37,51-52H,1,8-9,11-19,24-25H2,2-4H3,(H,53,61)(H,54,59,62)/t27-,28+,37?. The van der Waals surface area contributed by atoms with E-state index in [4.69, 9.17) is 9.47 Å². The Kier molecular flexibility index (Phi) is 14.4. The minimum Gasteiger partial charge on any atom is -0.382 e. The van der Waals surface area contributed by atoms with Crippen molar-refractivity contribution in [3.8, 4) is 0 Å². The average Bonchev–Trinajstić information content (AvgIpc) is 3.53. The molecule has 352 valence electrons. The number of nitrogens with one attached hydrogen (secondary N) is 4. The number of piperidine rings is 1. The number of likely N-dealkylation sites (N-methyl/N-ethyl adjacent to an activating group) is 1. The van der Waals surface area contributed by atoms with E-state index in [9.17, 15) is 41.9 Å². The van der Waals surface area contributed by atoms with Gasteiger partial charge >= 0.3 is 6.18 Å². The first-order chi connectivity index (χ1) is 31.4. The summed E-state index contributed by atoms with van der Waals surface area (Å²) in [6.07, 6.45) is -0.952. The number of amides is 6.